The molecule has 0 spiro atoms. The lowest BCUT2D eigenvalue weighted by molar-refractivity contribution is 0.267. The minimum atomic E-state index is 0.530. The van der Waals surface area contributed by atoms with E-state index in [1.807, 2.05) is 12.1 Å². The molecule has 0 aliphatic rings. The van der Waals surface area contributed by atoms with Crippen molar-refractivity contribution in [1.29, 1.82) is 0 Å². The first kappa shape index (κ1) is 12.5. The zero-order valence-electron chi connectivity index (χ0n) is 9.29. The second-order valence-electron chi connectivity index (χ2n) is 3.97. The van der Waals surface area contributed by atoms with Gasteiger partial charge in [-0.2, -0.15) is 0 Å². The van der Waals surface area contributed by atoms with Gasteiger partial charge in [0, 0.05) is 0 Å². The summed E-state index contributed by atoms with van der Waals surface area (Å²) in [5, 5.41) is 0. The molecule has 0 aliphatic carbocycles. The van der Waals surface area contributed by atoms with Crippen LogP contribution in [0.3, 0.4) is 0 Å². The third kappa shape index (κ3) is 3.84. The standard InChI is InChI=1S/C12H18BrNO/c1-9(2)8-15-12-10(6-7-14)4-3-5-11(12)13/h3-5,9H,6-8,14H2,1-2H3. The van der Waals surface area contributed by atoms with Gasteiger partial charge in [0.15, 0.2) is 0 Å². The molecule has 2 nitrogen and oxygen atoms in total. The lowest BCUT2D eigenvalue weighted by Gasteiger charge is -2.14. The molecule has 0 saturated heterocycles. The predicted molar refractivity (Wildman–Crippen MR) is 67.2 cm³/mol. The summed E-state index contributed by atoms with van der Waals surface area (Å²) in [5.41, 5.74) is 6.74. The summed E-state index contributed by atoms with van der Waals surface area (Å²) < 4.78 is 6.79. The van der Waals surface area contributed by atoms with E-state index in [1.54, 1.807) is 0 Å². The molecule has 0 heterocycles. The minimum absolute atomic E-state index is 0.530. The topological polar surface area (TPSA) is 35.2 Å². The molecule has 3 heteroatoms. The van der Waals surface area contributed by atoms with Crippen LogP contribution in [-0.4, -0.2) is 13.2 Å². The van der Waals surface area contributed by atoms with Crippen LogP contribution < -0.4 is 10.5 Å². The molecule has 15 heavy (non-hydrogen) atoms. The first-order valence-electron chi connectivity index (χ1n) is 5.25. The van der Waals surface area contributed by atoms with Crippen LogP contribution in [0.25, 0.3) is 0 Å². The van der Waals surface area contributed by atoms with Crippen LogP contribution in [0.1, 0.15) is 19.4 Å². The van der Waals surface area contributed by atoms with Crippen LogP contribution >= 0.6 is 15.9 Å². The molecule has 0 aromatic heterocycles. The van der Waals surface area contributed by atoms with Crippen molar-refractivity contribution in [2.24, 2.45) is 11.7 Å². The highest BCUT2D eigenvalue weighted by Gasteiger charge is 2.07. The monoisotopic (exact) mass is 271 g/mol. The van der Waals surface area contributed by atoms with Gasteiger partial charge in [0.25, 0.3) is 0 Å². The molecular formula is C12H18BrNO. The summed E-state index contributed by atoms with van der Waals surface area (Å²) >= 11 is 3.50. The van der Waals surface area contributed by atoms with E-state index in [2.05, 4.69) is 35.8 Å². The van der Waals surface area contributed by atoms with E-state index in [0.717, 1.165) is 23.2 Å². The Morgan fingerprint density at radius 2 is 2.13 bits per heavy atom. The Bertz CT molecular complexity index is 312. The number of nitrogens with two attached hydrogens (primary N) is 1. The molecule has 0 aliphatic heterocycles. The third-order valence-electron chi connectivity index (χ3n) is 2.02. The van der Waals surface area contributed by atoms with Crippen molar-refractivity contribution in [3.63, 3.8) is 0 Å². The Hall–Kier alpha value is -0.540. The van der Waals surface area contributed by atoms with Crippen molar-refractivity contribution in [3.8, 4) is 5.75 Å². The average molecular weight is 272 g/mol. The predicted octanol–water partition coefficient (Wildman–Crippen LogP) is 2.99. The largest absolute Gasteiger partial charge is 0.492 e. The summed E-state index contributed by atoms with van der Waals surface area (Å²) in [5.74, 6) is 1.47. The Balaban J connectivity index is 2.81. The Kier molecular flexibility index (Phi) is 5.12. The lowest BCUT2D eigenvalue weighted by Crippen LogP contribution is -2.09. The molecule has 1 aromatic rings. The van der Waals surface area contributed by atoms with Crippen molar-refractivity contribution in [2.75, 3.05) is 13.2 Å². The van der Waals surface area contributed by atoms with Crippen LogP contribution in [0, 0.1) is 5.92 Å². The number of para-hydroxylation sites is 1. The van der Waals surface area contributed by atoms with E-state index in [1.165, 1.54) is 5.56 Å². The van der Waals surface area contributed by atoms with Crippen LogP contribution in [-0.2, 0) is 6.42 Å². The first-order valence-corrected chi connectivity index (χ1v) is 6.04. The van der Waals surface area contributed by atoms with Crippen molar-refractivity contribution in [2.45, 2.75) is 20.3 Å². The van der Waals surface area contributed by atoms with Gasteiger partial charge in [-0.05, 0) is 46.4 Å². The van der Waals surface area contributed by atoms with Gasteiger partial charge < -0.3 is 10.5 Å². The molecule has 1 rings (SSSR count). The SMILES string of the molecule is CC(C)COc1c(Br)cccc1CCN. The van der Waals surface area contributed by atoms with Crippen LogP contribution in [0.5, 0.6) is 5.75 Å². The van der Waals surface area contributed by atoms with Crippen LogP contribution in [0.4, 0.5) is 0 Å². The van der Waals surface area contributed by atoms with Crippen LogP contribution in [0.15, 0.2) is 22.7 Å². The van der Waals surface area contributed by atoms with Gasteiger partial charge in [-0.15, -0.1) is 0 Å². The molecule has 0 saturated carbocycles. The smallest absolute Gasteiger partial charge is 0.136 e. The van der Waals surface area contributed by atoms with E-state index >= 15 is 0 Å². The fourth-order valence-electron chi connectivity index (χ4n) is 1.32. The number of hydrogen-bond donors (Lipinski definition) is 1. The molecule has 84 valence electrons. The maximum absolute atomic E-state index is 5.78. The molecule has 0 bridgehead atoms. The number of rotatable bonds is 5. The lowest BCUT2D eigenvalue weighted by atomic mass is 10.1. The second-order valence-corrected chi connectivity index (χ2v) is 4.83. The minimum Gasteiger partial charge on any atom is -0.492 e. The van der Waals surface area contributed by atoms with Gasteiger partial charge in [0.2, 0.25) is 0 Å². The normalized spacial score (nSPS) is 10.7. The molecule has 0 fully saturated rings. The number of ether oxygens (including phenoxy) is 1. The zero-order valence-corrected chi connectivity index (χ0v) is 10.9. The van der Waals surface area contributed by atoms with Gasteiger partial charge in [-0.25, -0.2) is 0 Å². The van der Waals surface area contributed by atoms with Crippen molar-refractivity contribution in [3.05, 3.63) is 28.2 Å². The quantitative estimate of drug-likeness (QED) is 0.894. The number of benzene rings is 1. The van der Waals surface area contributed by atoms with Crippen molar-refractivity contribution in [1.82, 2.24) is 0 Å². The van der Waals surface area contributed by atoms with E-state index in [4.69, 9.17) is 10.5 Å². The van der Waals surface area contributed by atoms with Crippen LogP contribution in [0.2, 0.25) is 0 Å². The highest BCUT2D eigenvalue weighted by molar-refractivity contribution is 9.10. The van der Waals surface area contributed by atoms with Crippen molar-refractivity contribution < 1.29 is 4.74 Å². The van der Waals surface area contributed by atoms with Gasteiger partial charge in [0.1, 0.15) is 5.75 Å². The number of halogens is 1. The fraction of sp³-hybridized carbons (Fsp3) is 0.500. The van der Waals surface area contributed by atoms with Gasteiger partial charge in [-0.3, -0.25) is 0 Å². The van der Waals surface area contributed by atoms with E-state index in [-0.39, 0.29) is 0 Å². The summed E-state index contributed by atoms with van der Waals surface area (Å²) in [6.45, 7) is 5.66. The Morgan fingerprint density at radius 3 is 2.73 bits per heavy atom. The molecule has 0 amide bonds. The molecule has 1 aromatic carbocycles. The highest BCUT2D eigenvalue weighted by atomic mass is 79.9. The van der Waals surface area contributed by atoms with E-state index in [0.29, 0.717) is 12.5 Å². The summed E-state index contributed by atoms with van der Waals surface area (Å²) in [6.07, 6.45) is 0.854. The maximum Gasteiger partial charge on any atom is 0.136 e. The summed E-state index contributed by atoms with van der Waals surface area (Å²) in [6, 6.07) is 6.07. The zero-order chi connectivity index (χ0) is 11.3. The molecule has 2 N–H and O–H groups in total. The molecule has 0 atom stereocenters. The van der Waals surface area contributed by atoms with Crippen molar-refractivity contribution >= 4 is 15.9 Å². The molecule has 0 unspecified atom stereocenters. The third-order valence-corrected chi connectivity index (χ3v) is 2.65. The average Bonchev–Trinajstić information content (AvgIpc) is 2.17. The Labute approximate surface area is 99.9 Å². The number of hydrogen-bond acceptors (Lipinski definition) is 2. The maximum atomic E-state index is 5.78. The summed E-state index contributed by atoms with van der Waals surface area (Å²) in [7, 11) is 0. The van der Waals surface area contributed by atoms with Gasteiger partial charge in [-0.1, -0.05) is 26.0 Å². The van der Waals surface area contributed by atoms with E-state index < -0.39 is 0 Å². The second kappa shape index (κ2) is 6.13. The fourth-order valence-corrected chi connectivity index (χ4v) is 1.84. The van der Waals surface area contributed by atoms with E-state index in [9.17, 15) is 0 Å². The summed E-state index contributed by atoms with van der Waals surface area (Å²) in [4.78, 5) is 0. The first-order chi connectivity index (χ1) is 7.15. The molecular weight excluding hydrogens is 254 g/mol. The Morgan fingerprint density at radius 1 is 1.40 bits per heavy atom. The van der Waals surface area contributed by atoms with Gasteiger partial charge in [0.05, 0.1) is 11.1 Å². The van der Waals surface area contributed by atoms with Gasteiger partial charge >= 0.3 is 0 Å². The highest BCUT2D eigenvalue weighted by Crippen LogP contribution is 2.29. The molecule has 0 radical (unpaired) electrons.